The highest BCUT2D eigenvalue weighted by molar-refractivity contribution is 6.33. The Kier molecular flexibility index (Phi) is 6.12. The lowest BCUT2D eigenvalue weighted by atomic mass is 9.84. The normalized spacial score (nSPS) is 27.5. The fourth-order valence-corrected chi connectivity index (χ4v) is 4.21. The van der Waals surface area contributed by atoms with Crippen LogP contribution in [-0.2, 0) is 9.59 Å². The van der Waals surface area contributed by atoms with Crippen molar-refractivity contribution >= 4 is 41.5 Å². The van der Waals surface area contributed by atoms with Crippen molar-refractivity contribution in [1.29, 1.82) is 0 Å². The molecule has 2 bridgehead atoms. The maximum absolute atomic E-state index is 12.3. The zero-order valence-electron chi connectivity index (χ0n) is 13.5. The van der Waals surface area contributed by atoms with Gasteiger partial charge in [-0.3, -0.25) is 9.59 Å². The summed E-state index contributed by atoms with van der Waals surface area (Å²) in [5.41, 5.74) is 7.72. The molecule has 0 saturated heterocycles. The van der Waals surface area contributed by atoms with Crippen molar-refractivity contribution in [3.05, 3.63) is 28.8 Å². The Hall–Kier alpha value is -1.30. The van der Waals surface area contributed by atoms with Gasteiger partial charge in [0.25, 0.3) is 0 Å². The maximum Gasteiger partial charge on any atom is 0.243 e. The Bertz CT molecular complexity index is 636. The zero-order chi connectivity index (χ0) is 16.6. The minimum absolute atomic E-state index is 0. The Balaban J connectivity index is 0.00000208. The number of rotatable bonds is 4. The molecule has 0 spiro atoms. The molecule has 2 saturated carbocycles. The van der Waals surface area contributed by atoms with Crippen LogP contribution in [0.3, 0.4) is 0 Å². The average molecular weight is 372 g/mol. The lowest BCUT2D eigenvalue weighted by Gasteiger charge is -2.26. The number of benzene rings is 1. The number of fused-ring (bicyclic) bond motifs is 2. The number of amides is 2. The molecule has 2 fully saturated rings. The summed E-state index contributed by atoms with van der Waals surface area (Å²) in [5.74, 6) is 0.306. The molecule has 0 heterocycles. The molecule has 4 atom stereocenters. The third-order valence-corrected chi connectivity index (χ3v) is 5.42. The van der Waals surface area contributed by atoms with Gasteiger partial charge in [0.15, 0.2) is 0 Å². The number of anilines is 1. The van der Waals surface area contributed by atoms with Gasteiger partial charge in [0.05, 0.1) is 23.2 Å². The smallest absolute Gasteiger partial charge is 0.243 e. The molecule has 0 radical (unpaired) electrons. The van der Waals surface area contributed by atoms with E-state index in [1.54, 1.807) is 12.1 Å². The van der Waals surface area contributed by atoms with E-state index in [-0.39, 0.29) is 42.7 Å². The Morgan fingerprint density at radius 3 is 2.62 bits per heavy atom. The lowest BCUT2D eigenvalue weighted by Crippen LogP contribution is -2.46. The van der Waals surface area contributed by atoms with Crippen molar-refractivity contribution in [3.63, 3.8) is 0 Å². The van der Waals surface area contributed by atoms with Crippen LogP contribution in [-0.4, -0.2) is 24.4 Å². The van der Waals surface area contributed by atoms with Crippen molar-refractivity contribution in [1.82, 2.24) is 5.32 Å². The maximum atomic E-state index is 12.3. The fourth-order valence-electron chi connectivity index (χ4n) is 3.93. The minimum Gasteiger partial charge on any atom is -0.347 e. The zero-order valence-corrected chi connectivity index (χ0v) is 15.1. The third kappa shape index (κ3) is 3.85. The van der Waals surface area contributed by atoms with Crippen LogP contribution in [0.4, 0.5) is 5.69 Å². The van der Waals surface area contributed by atoms with Gasteiger partial charge in [-0.1, -0.05) is 17.7 Å². The summed E-state index contributed by atoms with van der Waals surface area (Å²) in [6.07, 6.45) is 3.24. The molecule has 0 aromatic heterocycles. The summed E-state index contributed by atoms with van der Waals surface area (Å²) in [4.78, 5) is 24.3. The Morgan fingerprint density at radius 1 is 1.29 bits per heavy atom. The summed E-state index contributed by atoms with van der Waals surface area (Å²) in [6.45, 7) is 1.86. The third-order valence-electron chi connectivity index (χ3n) is 5.11. The van der Waals surface area contributed by atoms with Gasteiger partial charge in [0.1, 0.15) is 0 Å². The van der Waals surface area contributed by atoms with Gasteiger partial charge in [-0.15, -0.1) is 12.4 Å². The van der Waals surface area contributed by atoms with E-state index >= 15 is 0 Å². The second-order valence-corrected chi connectivity index (χ2v) is 7.09. The Labute approximate surface area is 153 Å². The van der Waals surface area contributed by atoms with Crippen LogP contribution in [0.15, 0.2) is 18.2 Å². The van der Waals surface area contributed by atoms with Gasteiger partial charge in [-0.05, 0) is 55.7 Å². The van der Waals surface area contributed by atoms with E-state index in [0.29, 0.717) is 22.5 Å². The molecule has 4 unspecified atom stereocenters. The van der Waals surface area contributed by atoms with Crippen LogP contribution < -0.4 is 16.4 Å². The number of carbonyl (C=O) groups excluding carboxylic acids is 2. The topological polar surface area (TPSA) is 84.2 Å². The summed E-state index contributed by atoms with van der Waals surface area (Å²) in [6, 6.07) is 5.34. The first kappa shape index (κ1) is 19.0. The first-order chi connectivity index (χ1) is 11.0. The van der Waals surface area contributed by atoms with Gasteiger partial charge in [0, 0.05) is 6.04 Å². The van der Waals surface area contributed by atoms with Crippen molar-refractivity contribution in [2.45, 2.75) is 32.2 Å². The molecule has 132 valence electrons. The summed E-state index contributed by atoms with van der Waals surface area (Å²) < 4.78 is 0. The van der Waals surface area contributed by atoms with E-state index < -0.39 is 0 Å². The quantitative estimate of drug-likeness (QED) is 0.759. The Morgan fingerprint density at radius 2 is 2.00 bits per heavy atom. The van der Waals surface area contributed by atoms with Crippen molar-refractivity contribution in [3.8, 4) is 0 Å². The summed E-state index contributed by atoms with van der Waals surface area (Å²) in [5, 5.41) is 5.91. The van der Waals surface area contributed by atoms with E-state index in [1.807, 2.05) is 13.0 Å². The highest BCUT2D eigenvalue weighted by Crippen LogP contribution is 2.47. The van der Waals surface area contributed by atoms with E-state index in [1.165, 1.54) is 0 Å². The van der Waals surface area contributed by atoms with Crippen LogP contribution >= 0.6 is 24.0 Å². The largest absolute Gasteiger partial charge is 0.347 e. The van der Waals surface area contributed by atoms with Crippen molar-refractivity contribution in [2.24, 2.45) is 23.5 Å². The van der Waals surface area contributed by atoms with Crippen LogP contribution in [0.2, 0.25) is 5.02 Å². The molecule has 2 aliphatic rings. The molecule has 2 amide bonds. The molecule has 5 nitrogen and oxygen atoms in total. The molecule has 24 heavy (non-hydrogen) atoms. The summed E-state index contributed by atoms with van der Waals surface area (Å²) in [7, 11) is 0. The van der Waals surface area contributed by atoms with Gasteiger partial charge >= 0.3 is 0 Å². The van der Waals surface area contributed by atoms with E-state index in [0.717, 1.165) is 24.8 Å². The molecule has 7 heteroatoms. The van der Waals surface area contributed by atoms with E-state index in [9.17, 15) is 9.59 Å². The molecule has 1 aromatic rings. The molecule has 1 aromatic carbocycles. The molecular weight excluding hydrogens is 349 g/mol. The monoisotopic (exact) mass is 371 g/mol. The summed E-state index contributed by atoms with van der Waals surface area (Å²) >= 11 is 6.08. The number of hydrogen-bond donors (Lipinski definition) is 3. The van der Waals surface area contributed by atoms with Gasteiger partial charge in [-0.2, -0.15) is 0 Å². The highest BCUT2D eigenvalue weighted by atomic mass is 35.5. The van der Waals surface area contributed by atoms with Gasteiger partial charge in [0.2, 0.25) is 11.8 Å². The number of nitrogens with one attached hydrogen (secondary N) is 2. The fraction of sp³-hybridized carbons (Fsp3) is 0.529. The van der Waals surface area contributed by atoms with Crippen molar-refractivity contribution < 1.29 is 9.59 Å². The average Bonchev–Trinajstić information content (AvgIpc) is 3.08. The number of hydrogen-bond acceptors (Lipinski definition) is 3. The second-order valence-electron chi connectivity index (χ2n) is 6.69. The number of halogens is 2. The predicted octanol–water partition coefficient (Wildman–Crippen LogP) is 2.50. The first-order valence-electron chi connectivity index (χ1n) is 8.05. The highest BCUT2D eigenvalue weighted by Gasteiger charge is 2.48. The van der Waals surface area contributed by atoms with Crippen molar-refractivity contribution in [2.75, 3.05) is 11.9 Å². The standard InChI is InChI=1S/C17H22ClN3O2.ClH/c1-9-2-5-13(12(18)6-9)21-14(22)8-20-17(23)15-10-3-4-11(7-10)16(15)19;/h2,5-6,10-11,15-16H,3-4,7-8,19H2,1H3,(H,20,23)(H,21,22);1H. The molecule has 4 N–H and O–H groups in total. The van der Waals surface area contributed by atoms with E-state index in [2.05, 4.69) is 10.6 Å². The van der Waals surface area contributed by atoms with Crippen LogP contribution in [0.1, 0.15) is 24.8 Å². The molecule has 0 aliphatic heterocycles. The number of nitrogens with two attached hydrogens (primary N) is 1. The minimum atomic E-state index is -0.291. The molecule has 3 rings (SSSR count). The molecule has 2 aliphatic carbocycles. The predicted molar refractivity (Wildman–Crippen MR) is 97.4 cm³/mol. The number of aryl methyl sites for hydroxylation is 1. The second kappa shape index (κ2) is 7.72. The number of carbonyl (C=O) groups is 2. The van der Waals surface area contributed by atoms with Gasteiger partial charge < -0.3 is 16.4 Å². The lowest BCUT2D eigenvalue weighted by molar-refractivity contribution is -0.129. The van der Waals surface area contributed by atoms with Crippen LogP contribution in [0, 0.1) is 24.7 Å². The van der Waals surface area contributed by atoms with Gasteiger partial charge in [-0.25, -0.2) is 0 Å². The van der Waals surface area contributed by atoms with Crippen LogP contribution in [0.5, 0.6) is 0 Å². The SMILES string of the molecule is Cc1ccc(NC(=O)CNC(=O)C2C3CCC(C3)C2N)c(Cl)c1.Cl. The molecular formula is C17H23Cl2N3O2. The first-order valence-corrected chi connectivity index (χ1v) is 8.43. The van der Waals surface area contributed by atoms with Crippen LogP contribution in [0.25, 0.3) is 0 Å². The van der Waals surface area contributed by atoms with E-state index in [4.69, 9.17) is 17.3 Å².